The molecular weight excluding hydrogens is 1370 g/mol. The molecule has 3 aromatic heterocycles. The number of benzene rings is 1. The molecule has 1 aromatic carbocycles. The Balaban J connectivity index is 0.823. The minimum Gasteiger partial charge on any atom is -0.488 e. The number of fused-ring (bicyclic) bond motifs is 21. The highest BCUT2D eigenvalue weighted by atomic mass is 16.5. The van der Waals surface area contributed by atoms with E-state index in [-0.39, 0.29) is 0 Å². The summed E-state index contributed by atoms with van der Waals surface area (Å²) in [4.78, 5) is 38.8. The van der Waals surface area contributed by atoms with Crippen molar-refractivity contribution in [2.45, 2.75) is 59.9 Å². The van der Waals surface area contributed by atoms with Gasteiger partial charge in [-0.2, -0.15) is 10.2 Å². The molecular formula is C80H140N18O10. The van der Waals surface area contributed by atoms with Gasteiger partial charge in [0.2, 0.25) is 0 Å². The lowest BCUT2D eigenvalue weighted by Gasteiger charge is -2.33. The molecule has 0 spiro atoms. The van der Waals surface area contributed by atoms with E-state index in [1.165, 1.54) is 0 Å². The van der Waals surface area contributed by atoms with Gasteiger partial charge in [0.1, 0.15) is 13.2 Å². The van der Waals surface area contributed by atoms with Crippen molar-refractivity contribution >= 4 is 0 Å². The highest BCUT2D eigenvalue weighted by Gasteiger charge is 2.24. The zero-order valence-electron chi connectivity index (χ0n) is 67.0. The van der Waals surface area contributed by atoms with E-state index in [0.717, 1.165) is 289 Å². The summed E-state index contributed by atoms with van der Waals surface area (Å²) in [6.07, 6.45) is 2.91. The molecule has 4 aromatic rings. The molecule has 9 heterocycles. The Morgan fingerprint density at radius 1 is 0.352 bits per heavy atom. The fourth-order valence-corrected chi connectivity index (χ4v) is 15.0. The van der Waals surface area contributed by atoms with Crippen molar-refractivity contribution < 1.29 is 47.4 Å². The normalized spacial score (nSPS) is 26.6. The summed E-state index contributed by atoms with van der Waals surface area (Å²) in [6.45, 7) is 52.2. The van der Waals surface area contributed by atoms with Crippen LogP contribution in [0.4, 0.5) is 0 Å². The molecule has 610 valence electrons. The number of hydrogen-bond donors (Lipinski definition) is 2. The highest BCUT2D eigenvalue weighted by molar-refractivity contribution is 5.39. The first-order valence-corrected chi connectivity index (χ1v) is 41.4. The Morgan fingerprint density at radius 2 is 0.741 bits per heavy atom. The molecule has 0 radical (unpaired) electrons. The number of aromatic amines is 2. The van der Waals surface area contributed by atoms with Crippen LogP contribution in [-0.2, 0) is 70.6 Å². The van der Waals surface area contributed by atoms with Crippen molar-refractivity contribution in [1.82, 2.24) is 89.1 Å². The number of H-pyrrole nitrogens is 2. The molecule has 8 bridgehead atoms. The largest absolute Gasteiger partial charge is 0.488 e. The third kappa shape index (κ3) is 34.9. The first-order valence-electron chi connectivity index (χ1n) is 41.4. The second kappa shape index (κ2) is 51.3. The molecule has 0 amide bonds. The van der Waals surface area contributed by atoms with Crippen LogP contribution >= 0.6 is 0 Å². The van der Waals surface area contributed by atoms with E-state index >= 15 is 0 Å². The number of para-hydroxylation sites is 2. The van der Waals surface area contributed by atoms with Crippen LogP contribution in [0.25, 0.3) is 0 Å². The Bertz CT molecular complexity index is 2930. The molecule has 6 aliphatic rings. The van der Waals surface area contributed by atoms with Crippen molar-refractivity contribution in [3.05, 3.63) is 89.3 Å². The molecule has 0 saturated carbocycles. The van der Waals surface area contributed by atoms with Gasteiger partial charge >= 0.3 is 0 Å². The molecule has 2 N–H and O–H groups in total. The average molecular weight is 1510 g/mol. The number of ether oxygens (including phenoxy) is 10. The summed E-state index contributed by atoms with van der Waals surface area (Å²) in [5, 5.41) is 16.0. The number of aromatic nitrogens is 5. The Kier molecular flexibility index (Phi) is 40.9. The van der Waals surface area contributed by atoms with Crippen molar-refractivity contribution in [1.29, 1.82) is 0 Å². The second-order valence-corrected chi connectivity index (χ2v) is 30.9. The van der Waals surface area contributed by atoms with E-state index in [0.29, 0.717) is 137 Å². The molecule has 4 fully saturated rings. The van der Waals surface area contributed by atoms with E-state index in [9.17, 15) is 0 Å². The molecule has 7 atom stereocenters. The number of pyridine rings is 1. The van der Waals surface area contributed by atoms with Gasteiger partial charge in [-0.1, -0.05) is 39.0 Å². The van der Waals surface area contributed by atoms with Crippen molar-refractivity contribution in [2.75, 3.05) is 342 Å². The number of nitrogens with zero attached hydrogens (tertiary/aromatic N) is 16. The van der Waals surface area contributed by atoms with Gasteiger partial charge in [-0.15, -0.1) is 0 Å². The van der Waals surface area contributed by atoms with E-state index in [1.54, 1.807) is 0 Å². The van der Waals surface area contributed by atoms with Gasteiger partial charge < -0.3 is 62.1 Å². The van der Waals surface area contributed by atoms with Crippen molar-refractivity contribution in [3.8, 4) is 11.5 Å². The van der Waals surface area contributed by atoms with Gasteiger partial charge in [-0.25, -0.2) is 0 Å². The van der Waals surface area contributed by atoms with Crippen molar-refractivity contribution in [3.63, 3.8) is 0 Å². The third-order valence-corrected chi connectivity index (χ3v) is 21.7. The molecule has 4 saturated heterocycles. The van der Waals surface area contributed by atoms with Crippen LogP contribution in [0.5, 0.6) is 11.5 Å². The zero-order valence-corrected chi connectivity index (χ0v) is 67.0. The quantitative estimate of drug-likeness (QED) is 0.184. The molecule has 0 aliphatic carbocycles. The Morgan fingerprint density at radius 3 is 1.20 bits per heavy atom. The number of rotatable bonds is 13. The number of hydrogen-bond acceptors (Lipinski definition) is 26. The molecule has 108 heavy (non-hydrogen) atoms. The number of nitrogens with one attached hydrogen (secondary N) is 2. The first-order chi connectivity index (χ1) is 53.1. The lowest BCUT2D eigenvalue weighted by atomic mass is 10.1. The van der Waals surface area contributed by atoms with Crippen LogP contribution < -0.4 is 9.47 Å². The van der Waals surface area contributed by atoms with Crippen LogP contribution in [0.3, 0.4) is 0 Å². The van der Waals surface area contributed by atoms with Gasteiger partial charge in [0.05, 0.1) is 123 Å². The lowest BCUT2D eigenvalue weighted by molar-refractivity contribution is 0.0305. The highest BCUT2D eigenvalue weighted by Crippen LogP contribution is 2.27. The van der Waals surface area contributed by atoms with E-state index < -0.39 is 0 Å². The van der Waals surface area contributed by atoms with E-state index in [4.69, 9.17) is 57.5 Å². The van der Waals surface area contributed by atoms with Crippen LogP contribution in [0.1, 0.15) is 55.7 Å². The summed E-state index contributed by atoms with van der Waals surface area (Å²) < 4.78 is 63.5. The SMILES string of the molecule is CC(C)CN1CCN(C)CCN(CC(C)CCN2CCN3CCOCCOCCN(CCOCC3)CCN(Cc3cc(CN4CCOCCN(Cc5ccn[nH]5)CCN5CCOCCN(CCOc6ccccc6OCC5)CC4)n[nH]3)Cc3cccc(n3)C2)CCN2CCOCCOCCN(CCOCC2)CC1. The third-order valence-electron chi connectivity index (χ3n) is 21.7. The first kappa shape index (κ1) is 86.0. The maximum atomic E-state index is 6.54. The standard InChI is InChI=1S/C80H140N18O10/c1-72(2)65-94-18-16-86(4)17-19-95(28-22-89-34-48-99-47-33-88(21-27-94)39-53-104-60-61-105-54-40-89)66-73(3)13-15-93-26-20-87-32-46-100-49-35-90(41-55-106-63-62-103-52-38-87)25-31-98(68-75-9-7-8-74(67-93)82-75)71-78-64-77(84-85-78)70-97-30-24-92-37-51-101-50-36-91(44-58-107-79-10-5-6-11-80(79)108-59-45-92)23-29-96(42-56-102-57-43-97)69-76-12-14-81-83-76/h5-12,14,64,72-73H,13,15-63,65-71H2,1-4H3,(H,81,83)(H,84,85). The average Bonchev–Trinajstić information content (AvgIpc) is 1.54. The van der Waals surface area contributed by atoms with Crippen LogP contribution in [0, 0.1) is 11.8 Å². The van der Waals surface area contributed by atoms with E-state index in [2.05, 4.69) is 137 Å². The summed E-state index contributed by atoms with van der Waals surface area (Å²) in [7, 11) is 2.33. The minimum atomic E-state index is 0.473. The zero-order chi connectivity index (χ0) is 74.7. The van der Waals surface area contributed by atoms with Gasteiger partial charge in [-0.3, -0.25) is 64.2 Å². The van der Waals surface area contributed by atoms with Crippen molar-refractivity contribution in [2.24, 2.45) is 11.8 Å². The maximum Gasteiger partial charge on any atom is 0.161 e. The number of likely N-dealkylation sites (N-methyl/N-ethyl adjacent to an activating group) is 1. The molecule has 28 heteroatoms. The predicted molar refractivity (Wildman–Crippen MR) is 423 cm³/mol. The van der Waals surface area contributed by atoms with Gasteiger partial charge in [0, 0.05) is 260 Å². The summed E-state index contributed by atoms with van der Waals surface area (Å²) in [5.41, 5.74) is 5.36. The van der Waals surface area contributed by atoms with Crippen LogP contribution in [0.2, 0.25) is 0 Å². The summed E-state index contributed by atoms with van der Waals surface area (Å²) in [5.74, 6) is 2.64. The molecule has 7 unspecified atom stereocenters. The van der Waals surface area contributed by atoms with Gasteiger partial charge in [0.25, 0.3) is 0 Å². The topological polar surface area (TPSA) is 205 Å². The lowest BCUT2D eigenvalue weighted by Crippen LogP contribution is -2.45. The maximum absolute atomic E-state index is 6.54. The van der Waals surface area contributed by atoms with E-state index in [1.807, 2.05) is 30.5 Å². The molecule has 6 aliphatic heterocycles. The smallest absolute Gasteiger partial charge is 0.161 e. The fraction of sp³-hybridized carbons (Fsp3) is 0.787. The summed E-state index contributed by atoms with van der Waals surface area (Å²) >= 11 is 0. The monoisotopic (exact) mass is 1510 g/mol. The molecule has 28 nitrogen and oxygen atoms in total. The summed E-state index contributed by atoms with van der Waals surface area (Å²) in [6, 6.07) is 19.1. The Labute approximate surface area is 648 Å². The Hall–Kier alpha value is -4.45. The fourth-order valence-electron chi connectivity index (χ4n) is 15.0. The predicted octanol–water partition coefficient (Wildman–Crippen LogP) is 3.34. The van der Waals surface area contributed by atoms with Crippen LogP contribution in [-0.4, -0.2) is 431 Å². The molecule has 10 rings (SSSR count). The van der Waals surface area contributed by atoms with Gasteiger partial charge in [0.15, 0.2) is 11.5 Å². The minimum absolute atomic E-state index is 0.473. The second-order valence-electron chi connectivity index (χ2n) is 30.9. The van der Waals surface area contributed by atoms with Gasteiger partial charge in [-0.05, 0) is 68.2 Å². The van der Waals surface area contributed by atoms with Crippen LogP contribution in [0.15, 0.2) is 60.8 Å².